The van der Waals surface area contributed by atoms with E-state index in [1.807, 2.05) is 6.07 Å². The highest BCUT2D eigenvalue weighted by molar-refractivity contribution is 9.10. The van der Waals surface area contributed by atoms with E-state index in [1.165, 1.54) is 5.56 Å². The molecule has 1 fully saturated rings. The van der Waals surface area contributed by atoms with Crippen LogP contribution in [0.4, 0.5) is 0 Å². The molecule has 1 aliphatic rings. The SMILES string of the molecule is CCCNC(c1ccc(Br)c(Cl)c1)C1CCOC1. The molecule has 1 aromatic carbocycles. The lowest BCUT2D eigenvalue weighted by molar-refractivity contribution is 0.176. The quantitative estimate of drug-likeness (QED) is 0.873. The Morgan fingerprint density at radius 3 is 3.00 bits per heavy atom. The lowest BCUT2D eigenvalue weighted by Gasteiger charge is -2.24. The van der Waals surface area contributed by atoms with E-state index in [4.69, 9.17) is 16.3 Å². The lowest BCUT2D eigenvalue weighted by Crippen LogP contribution is -2.29. The van der Waals surface area contributed by atoms with Gasteiger partial charge in [0.05, 0.1) is 11.6 Å². The average molecular weight is 333 g/mol. The van der Waals surface area contributed by atoms with Gasteiger partial charge in [-0.3, -0.25) is 0 Å². The Morgan fingerprint density at radius 1 is 1.56 bits per heavy atom. The zero-order valence-electron chi connectivity index (χ0n) is 10.6. The van der Waals surface area contributed by atoms with Crippen LogP contribution in [0, 0.1) is 5.92 Å². The van der Waals surface area contributed by atoms with Crippen molar-refractivity contribution in [3.05, 3.63) is 33.3 Å². The standard InChI is InChI=1S/C14H19BrClNO/c1-2-6-17-14(11-5-7-18-9-11)10-3-4-12(15)13(16)8-10/h3-4,8,11,14,17H,2,5-7,9H2,1H3. The summed E-state index contributed by atoms with van der Waals surface area (Å²) in [4.78, 5) is 0. The highest BCUT2D eigenvalue weighted by Gasteiger charge is 2.26. The predicted molar refractivity (Wildman–Crippen MR) is 79.1 cm³/mol. The Morgan fingerprint density at radius 2 is 2.39 bits per heavy atom. The van der Waals surface area contributed by atoms with Crippen molar-refractivity contribution in [3.63, 3.8) is 0 Å². The van der Waals surface area contributed by atoms with Gasteiger partial charge in [-0.05, 0) is 53.0 Å². The van der Waals surface area contributed by atoms with Crippen LogP contribution in [0.3, 0.4) is 0 Å². The van der Waals surface area contributed by atoms with E-state index in [0.717, 1.165) is 42.1 Å². The van der Waals surface area contributed by atoms with Crippen molar-refractivity contribution >= 4 is 27.5 Å². The number of rotatable bonds is 5. The third-order valence-electron chi connectivity index (χ3n) is 3.35. The van der Waals surface area contributed by atoms with Gasteiger partial charge in [0, 0.05) is 23.0 Å². The zero-order chi connectivity index (χ0) is 13.0. The van der Waals surface area contributed by atoms with Crippen LogP contribution < -0.4 is 5.32 Å². The van der Waals surface area contributed by atoms with Crippen molar-refractivity contribution in [3.8, 4) is 0 Å². The van der Waals surface area contributed by atoms with Gasteiger partial charge in [-0.2, -0.15) is 0 Å². The summed E-state index contributed by atoms with van der Waals surface area (Å²) in [6.07, 6.45) is 2.25. The van der Waals surface area contributed by atoms with Gasteiger partial charge in [0.2, 0.25) is 0 Å². The molecule has 0 radical (unpaired) electrons. The van der Waals surface area contributed by atoms with Gasteiger partial charge in [0.15, 0.2) is 0 Å². The van der Waals surface area contributed by atoms with E-state index in [0.29, 0.717) is 12.0 Å². The van der Waals surface area contributed by atoms with Gasteiger partial charge in [0.25, 0.3) is 0 Å². The second-order valence-corrected chi connectivity index (χ2v) is 5.99. The molecule has 2 rings (SSSR count). The summed E-state index contributed by atoms with van der Waals surface area (Å²) in [5.74, 6) is 0.550. The minimum absolute atomic E-state index is 0.345. The highest BCUT2D eigenvalue weighted by atomic mass is 79.9. The minimum atomic E-state index is 0.345. The molecule has 18 heavy (non-hydrogen) atoms. The fourth-order valence-electron chi connectivity index (χ4n) is 2.38. The van der Waals surface area contributed by atoms with E-state index in [9.17, 15) is 0 Å². The Labute approximate surface area is 122 Å². The van der Waals surface area contributed by atoms with Crippen LogP contribution in [0.1, 0.15) is 31.4 Å². The summed E-state index contributed by atoms with van der Waals surface area (Å²) in [6.45, 7) is 4.92. The van der Waals surface area contributed by atoms with Crippen molar-refractivity contribution in [1.82, 2.24) is 5.32 Å². The van der Waals surface area contributed by atoms with E-state index >= 15 is 0 Å². The molecule has 4 heteroatoms. The molecule has 1 aliphatic heterocycles. The molecule has 1 aromatic rings. The van der Waals surface area contributed by atoms with Crippen LogP contribution in [-0.4, -0.2) is 19.8 Å². The van der Waals surface area contributed by atoms with Crippen molar-refractivity contribution in [2.45, 2.75) is 25.8 Å². The summed E-state index contributed by atoms with van der Waals surface area (Å²) in [5.41, 5.74) is 1.26. The first-order chi connectivity index (χ1) is 8.72. The first kappa shape index (κ1) is 14.3. The summed E-state index contributed by atoms with van der Waals surface area (Å²) in [5, 5.41) is 4.39. The van der Waals surface area contributed by atoms with Crippen molar-refractivity contribution in [2.75, 3.05) is 19.8 Å². The molecule has 1 N–H and O–H groups in total. The molecule has 0 aromatic heterocycles. The molecule has 2 atom stereocenters. The smallest absolute Gasteiger partial charge is 0.0551 e. The molecule has 0 aliphatic carbocycles. The van der Waals surface area contributed by atoms with E-state index in [-0.39, 0.29) is 0 Å². The summed E-state index contributed by atoms with van der Waals surface area (Å²) in [6, 6.07) is 6.56. The molecule has 2 nitrogen and oxygen atoms in total. The molecule has 100 valence electrons. The Balaban J connectivity index is 2.17. The Kier molecular flexibility index (Phi) is 5.49. The minimum Gasteiger partial charge on any atom is -0.381 e. The van der Waals surface area contributed by atoms with Crippen molar-refractivity contribution in [1.29, 1.82) is 0 Å². The van der Waals surface area contributed by atoms with E-state index in [1.54, 1.807) is 0 Å². The molecule has 0 bridgehead atoms. The third-order valence-corrected chi connectivity index (χ3v) is 4.59. The number of nitrogens with one attached hydrogen (secondary N) is 1. The normalized spacial score (nSPS) is 21.2. The maximum absolute atomic E-state index is 6.19. The maximum Gasteiger partial charge on any atom is 0.0551 e. The topological polar surface area (TPSA) is 21.3 Å². The summed E-state index contributed by atoms with van der Waals surface area (Å²) in [7, 11) is 0. The van der Waals surface area contributed by atoms with Crippen molar-refractivity contribution in [2.24, 2.45) is 5.92 Å². The number of halogens is 2. The van der Waals surface area contributed by atoms with Gasteiger partial charge in [-0.15, -0.1) is 0 Å². The molecular weight excluding hydrogens is 314 g/mol. The second kappa shape index (κ2) is 6.90. The third kappa shape index (κ3) is 3.47. The second-order valence-electron chi connectivity index (χ2n) is 4.73. The van der Waals surface area contributed by atoms with Gasteiger partial charge >= 0.3 is 0 Å². The largest absolute Gasteiger partial charge is 0.381 e. The number of hydrogen-bond acceptors (Lipinski definition) is 2. The fraction of sp³-hybridized carbons (Fsp3) is 0.571. The molecule has 2 unspecified atom stereocenters. The fourth-order valence-corrected chi connectivity index (χ4v) is 2.81. The summed E-state index contributed by atoms with van der Waals surface area (Å²) < 4.78 is 6.46. The molecule has 0 spiro atoms. The highest BCUT2D eigenvalue weighted by Crippen LogP contribution is 2.32. The molecule has 1 saturated heterocycles. The number of benzene rings is 1. The monoisotopic (exact) mass is 331 g/mol. The Hall–Kier alpha value is -0.0900. The first-order valence-electron chi connectivity index (χ1n) is 6.48. The van der Waals surface area contributed by atoms with Crippen LogP contribution in [0.15, 0.2) is 22.7 Å². The van der Waals surface area contributed by atoms with Crippen LogP contribution in [-0.2, 0) is 4.74 Å². The van der Waals surface area contributed by atoms with Crippen LogP contribution in [0.25, 0.3) is 0 Å². The molecule has 0 saturated carbocycles. The maximum atomic E-state index is 6.19. The number of hydrogen-bond donors (Lipinski definition) is 1. The molecular formula is C14H19BrClNO. The van der Waals surface area contributed by atoms with Gasteiger partial charge in [0.1, 0.15) is 0 Å². The van der Waals surface area contributed by atoms with Crippen LogP contribution >= 0.6 is 27.5 Å². The summed E-state index contributed by atoms with van der Waals surface area (Å²) >= 11 is 9.63. The van der Waals surface area contributed by atoms with Crippen LogP contribution in [0.2, 0.25) is 5.02 Å². The van der Waals surface area contributed by atoms with Gasteiger partial charge in [-0.25, -0.2) is 0 Å². The lowest BCUT2D eigenvalue weighted by atomic mass is 9.92. The van der Waals surface area contributed by atoms with E-state index < -0.39 is 0 Å². The zero-order valence-corrected chi connectivity index (χ0v) is 12.9. The van der Waals surface area contributed by atoms with Crippen molar-refractivity contribution < 1.29 is 4.74 Å². The van der Waals surface area contributed by atoms with Crippen LogP contribution in [0.5, 0.6) is 0 Å². The van der Waals surface area contributed by atoms with E-state index in [2.05, 4.69) is 40.3 Å². The van der Waals surface area contributed by atoms with Gasteiger partial charge in [-0.1, -0.05) is 24.6 Å². The molecule has 1 heterocycles. The Bertz CT molecular complexity index is 393. The predicted octanol–water partition coefficient (Wildman–Crippen LogP) is 4.18. The first-order valence-corrected chi connectivity index (χ1v) is 7.65. The van der Waals surface area contributed by atoms with Gasteiger partial charge < -0.3 is 10.1 Å². The average Bonchev–Trinajstić information content (AvgIpc) is 2.88. The molecule has 0 amide bonds. The number of ether oxygens (including phenoxy) is 1.